The molecule has 5 rings (SSSR count). The lowest BCUT2D eigenvalue weighted by atomic mass is 9.50. The molecule has 2 atom stereocenters. The first-order valence-electron chi connectivity index (χ1n) is 8.56. The van der Waals surface area contributed by atoms with Crippen molar-refractivity contribution in [2.45, 2.75) is 20.8 Å². The van der Waals surface area contributed by atoms with E-state index in [1.165, 1.54) is 16.7 Å². The van der Waals surface area contributed by atoms with E-state index in [9.17, 15) is 4.79 Å². The zero-order chi connectivity index (χ0) is 16.9. The van der Waals surface area contributed by atoms with Crippen molar-refractivity contribution in [1.29, 1.82) is 0 Å². The number of carbonyl (C=O) groups is 1. The minimum Gasteiger partial charge on any atom is -0.298 e. The third-order valence-corrected chi connectivity index (χ3v) is 5.70. The van der Waals surface area contributed by atoms with E-state index >= 15 is 0 Å². The second-order valence-electron chi connectivity index (χ2n) is 7.61. The van der Waals surface area contributed by atoms with Gasteiger partial charge in [-0.1, -0.05) is 86.7 Å². The van der Waals surface area contributed by atoms with Gasteiger partial charge in [0.05, 0.1) is 5.41 Å². The zero-order valence-corrected chi connectivity index (χ0v) is 14.4. The van der Waals surface area contributed by atoms with Gasteiger partial charge < -0.3 is 0 Å². The van der Waals surface area contributed by atoms with Crippen LogP contribution in [0.4, 0.5) is 0 Å². The molecule has 0 radical (unpaired) electrons. The molecule has 0 saturated heterocycles. The number of allylic oxidation sites excluding steroid dienone is 4. The fourth-order valence-electron chi connectivity index (χ4n) is 4.51. The molecule has 2 aromatic rings. The van der Waals surface area contributed by atoms with E-state index in [4.69, 9.17) is 0 Å². The van der Waals surface area contributed by atoms with E-state index in [-0.39, 0.29) is 11.3 Å². The lowest BCUT2D eigenvalue weighted by Gasteiger charge is -2.51. The maximum absolute atomic E-state index is 13.3. The van der Waals surface area contributed by atoms with Crippen LogP contribution < -0.4 is 0 Å². The van der Waals surface area contributed by atoms with E-state index in [1.54, 1.807) is 0 Å². The molecule has 3 aliphatic rings. The highest BCUT2D eigenvalue weighted by Gasteiger charge is 2.56. The normalized spacial score (nSPS) is 27.6. The van der Waals surface area contributed by atoms with Crippen molar-refractivity contribution in [3.8, 4) is 0 Å². The molecule has 0 heterocycles. The van der Waals surface area contributed by atoms with E-state index in [0.29, 0.717) is 5.78 Å². The van der Waals surface area contributed by atoms with Gasteiger partial charge >= 0.3 is 0 Å². The molecule has 0 aliphatic heterocycles. The lowest BCUT2D eigenvalue weighted by molar-refractivity contribution is -0.134. The maximum Gasteiger partial charge on any atom is 0.153 e. The summed E-state index contributed by atoms with van der Waals surface area (Å²) in [4.78, 5) is 13.3. The zero-order valence-electron chi connectivity index (χ0n) is 14.4. The second kappa shape index (κ2) is 5.04. The van der Waals surface area contributed by atoms with Crippen molar-refractivity contribution in [1.82, 2.24) is 0 Å². The van der Waals surface area contributed by atoms with Gasteiger partial charge in [0.2, 0.25) is 0 Å². The quantitative estimate of drug-likeness (QED) is 0.678. The molecule has 2 bridgehead atoms. The predicted octanol–water partition coefficient (Wildman–Crippen LogP) is 5.40. The van der Waals surface area contributed by atoms with Gasteiger partial charge in [-0.3, -0.25) is 4.79 Å². The Hall–Kier alpha value is -2.41. The molecular weight excluding hydrogens is 292 g/mol. The summed E-state index contributed by atoms with van der Waals surface area (Å²) in [6, 6.07) is 20.9. The molecule has 120 valence electrons. The summed E-state index contributed by atoms with van der Waals surface area (Å²) in [7, 11) is 0. The van der Waals surface area contributed by atoms with Gasteiger partial charge in [0.15, 0.2) is 5.78 Å². The highest BCUT2D eigenvalue weighted by molar-refractivity contribution is 6.15. The second-order valence-corrected chi connectivity index (χ2v) is 7.61. The summed E-state index contributed by atoms with van der Waals surface area (Å²) in [5, 5.41) is 0. The Balaban J connectivity index is 2.08. The SMILES string of the molecule is CC1(C)C(=O)[C@]2(C)C=C[C@H]1C(c1ccccc1)=C2c1ccccc1. The molecule has 1 nitrogen and oxygen atoms in total. The topological polar surface area (TPSA) is 17.1 Å². The van der Waals surface area contributed by atoms with Crippen LogP contribution in [0.1, 0.15) is 31.9 Å². The van der Waals surface area contributed by atoms with Crippen LogP contribution in [0, 0.1) is 16.7 Å². The minimum absolute atomic E-state index is 0.115. The third kappa shape index (κ3) is 1.91. The summed E-state index contributed by atoms with van der Waals surface area (Å²) in [5.74, 6) is 0.436. The Kier molecular flexibility index (Phi) is 3.18. The maximum atomic E-state index is 13.3. The van der Waals surface area contributed by atoms with Crippen LogP contribution in [0.25, 0.3) is 11.1 Å². The van der Waals surface area contributed by atoms with Gasteiger partial charge in [-0.25, -0.2) is 0 Å². The summed E-state index contributed by atoms with van der Waals surface area (Å²) in [5.41, 5.74) is 3.90. The third-order valence-electron chi connectivity index (χ3n) is 5.70. The number of ketones is 1. The predicted molar refractivity (Wildman–Crippen MR) is 99.2 cm³/mol. The number of hydrogen-bond acceptors (Lipinski definition) is 1. The minimum atomic E-state index is -0.565. The van der Waals surface area contributed by atoms with Crippen molar-refractivity contribution >= 4 is 16.9 Å². The van der Waals surface area contributed by atoms with Gasteiger partial charge in [0.25, 0.3) is 0 Å². The van der Waals surface area contributed by atoms with E-state index in [0.717, 1.165) is 5.56 Å². The lowest BCUT2D eigenvalue weighted by Crippen LogP contribution is -2.50. The van der Waals surface area contributed by atoms with Gasteiger partial charge in [0, 0.05) is 11.3 Å². The van der Waals surface area contributed by atoms with Crippen LogP contribution in [-0.4, -0.2) is 5.78 Å². The highest BCUT2D eigenvalue weighted by Crippen LogP contribution is 2.60. The van der Waals surface area contributed by atoms with Crippen molar-refractivity contribution in [2.24, 2.45) is 16.7 Å². The Morgan fingerprint density at radius 3 is 1.92 bits per heavy atom. The van der Waals surface area contributed by atoms with Crippen LogP contribution >= 0.6 is 0 Å². The average molecular weight is 314 g/mol. The Bertz CT molecular complexity index is 855. The van der Waals surface area contributed by atoms with Crippen molar-refractivity contribution in [3.63, 3.8) is 0 Å². The molecule has 0 N–H and O–H groups in total. The molecule has 24 heavy (non-hydrogen) atoms. The molecular formula is C23H22O. The summed E-state index contributed by atoms with van der Waals surface area (Å²) in [6.07, 6.45) is 4.37. The molecule has 0 aromatic heterocycles. The molecule has 2 aromatic carbocycles. The van der Waals surface area contributed by atoms with Crippen molar-refractivity contribution in [3.05, 3.63) is 83.9 Å². The average Bonchev–Trinajstić information content (AvgIpc) is 2.60. The van der Waals surface area contributed by atoms with Crippen LogP contribution in [0.3, 0.4) is 0 Å². The van der Waals surface area contributed by atoms with Gasteiger partial charge in [-0.15, -0.1) is 0 Å². The first-order chi connectivity index (χ1) is 11.5. The fraction of sp³-hybridized carbons (Fsp3) is 0.261. The van der Waals surface area contributed by atoms with Gasteiger partial charge in [-0.2, -0.15) is 0 Å². The van der Waals surface area contributed by atoms with E-state index in [2.05, 4.69) is 81.5 Å². The summed E-state index contributed by atoms with van der Waals surface area (Å²) < 4.78 is 0. The molecule has 0 amide bonds. The standard InChI is InChI=1S/C23H22O/c1-22(2)18-14-15-23(3,21(22)24)20(17-12-8-5-9-13-17)19(18)16-10-6-4-7-11-16/h4-15,18H,1-3H3/t18-,23+/m0/s1. The molecule has 3 aliphatic carbocycles. The molecule has 0 spiro atoms. The summed E-state index contributed by atoms with van der Waals surface area (Å²) in [6.45, 7) is 6.26. The molecule has 1 heteroatoms. The molecule has 0 saturated carbocycles. The first kappa shape index (κ1) is 15.1. The Morgan fingerprint density at radius 1 is 0.792 bits per heavy atom. The van der Waals surface area contributed by atoms with Crippen LogP contribution in [0.15, 0.2) is 72.8 Å². The number of benzene rings is 2. The van der Waals surface area contributed by atoms with E-state index in [1.807, 2.05) is 12.1 Å². The monoisotopic (exact) mass is 314 g/mol. The van der Waals surface area contributed by atoms with Gasteiger partial charge in [-0.05, 0) is 29.2 Å². The fourth-order valence-corrected chi connectivity index (χ4v) is 4.51. The van der Waals surface area contributed by atoms with Crippen LogP contribution in [0.5, 0.6) is 0 Å². The van der Waals surface area contributed by atoms with Gasteiger partial charge in [0.1, 0.15) is 0 Å². The number of hydrogen-bond donors (Lipinski definition) is 0. The number of carbonyl (C=O) groups excluding carboxylic acids is 1. The Labute approximate surface area is 143 Å². The molecule has 0 unspecified atom stereocenters. The number of rotatable bonds is 2. The highest BCUT2D eigenvalue weighted by atomic mass is 16.1. The van der Waals surface area contributed by atoms with Crippen molar-refractivity contribution in [2.75, 3.05) is 0 Å². The molecule has 0 fully saturated rings. The van der Waals surface area contributed by atoms with Crippen LogP contribution in [-0.2, 0) is 4.79 Å². The Morgan fingerprint density at radius 2 is 1.33 bits per heavy atom. The van der Waals surface area contributed by atoms with Crippen molar-refractivity contribution < 1.29 is 4.79 Å². The van der Waals surface area contributed by atoms with E-state index < -0.39 is 5.41 Å². The first-order valence-corrected chi connectivity index (χ1v) is 8.56. The largest absolute Gasteiger partial charge is 0.298 e. The summed E-state index contributed by atoms with van der Waals surface area (Å²) >= 11 is 0. The van der Waals surface area contributed by atoms with Crippen LogP contribution in [0.2, 0.25) is 0 Å². The smallest absolute Gasteiger partial charge is 0.153 e. The number of Topliss-reactive ketones (excluding diaryl/α,β-unsaturated/α-hetero) is 1. The number of fused-ring (bicyclic) bond motifs is 1.